The number of benzene rings is 3. The van der Waals surface area contributed by atoms with E-state index in [1.54, 1.807) is 30.3 Å². The maximum Gasteiger partial charge on any atom is 0.293 e. The van der Waals surface area contributed by atoms with Gasteiger partial charge in [-0.15, -0.1) is 0 Å². The van der Waals surface area contributed by atoms with E-state index in [0.29, 0.717) is 38.9 Å². The van der Waals surface area contributed by atoms with Crippen molar-refractivity contribution >= 4 is 63.2 Å². The summed E-state index contributed by atoms with van der Waals surface area (Å²) in [5.74, 6) is 1.06. The minimum absolute atomic E-state index is 0.0953. The van der Waals surface area contributed by atoms with Gasteiger partial charge in [-0.2, -0.15) is 0 Å². The van der Waals surface area contributed by atoms with Crippen molar-refractivity contribution in [2.24, 2.45) is 0 Å². The molecule has 2 aromatic heterocycles. The first kappa shape index (κ1) is 26.0. The van der Waals surface area contributed by atoms with Gasteiger partial charge < -0.3 is 14.2 Å². The predicted octanol–water partition coefficient (Wildman–Crippen LogP) is 8.70. The number of amides is 1. The number of nitrogens with zero attached hydrogens (tertiary/aromatic N) is 1. The molecular formula is C29H23Cl2N3O3S. The van der Waals surface area contributed by atoms with Crippen LogP contribution in [0.15, 0.2) is 81.6 Å². The monoisotopic (exact) mass is 563 g/mol. The van der Waals surface area contributed by atoms with Crippen LogP contribution in [0, 0.1) is 0 Å². The van der Waals surface area contributed by atoms with Crippen molar-refractivity contribution in [1.82, 2.24) is 10.3 Å². The van der Waals surface area contributed by atoms with E-state index in [1.165, 1.54) is 5.56 Å². The Morgan fingerprint density at radius 2 is 1.79 bits per heavy atom. The smallest absolute Gasteiger partial charge is 0.293 e. The van der Waals surface area contributed by atoms with Crippen molar-refractivity contribution in [2.75, 3.05) is 5.32 Å². The third-order valence-corrected chi connectivity index (χ3v) is 6.99. The van der Waals surface area contributed by atoms with Gasteiger partial charge in [0.25, 0.3) is 5.91 Å². The molecule has 0 aliphatic rings. The fraction of sp³-hybridized carbons (Fsp3) is 0.138. The molecule has 3 aromatic carbocycles. The maximum atomic E-state index is 12.6. The zero-order valence-corrected chi connectivity index (χ0v) is 22.9. The quantitative estimate of drug-likeness (QED) is 0.201. The zero-order valence-electron chi connectivity index (χ0n) is 20.5. The third kappa shape index (κ3) is 5.60. The van der Waals surface area contributed by atoms with E-state index in [0.717, 1.165) is 23.1 Å². The second-order valence-corrected chi connectivity index (χ2v) is 10.1. The first-order valence-electron chi connectivity index (χ1n) is 12.0. The second kappa shape index (κ2) is 11.0. The summed E-state index contributed by atoms with van der Waals surface area (Å²) in [7, 11) is 0. The molecule has 38 heavy (non-hydrogen) atoms. The fourth-order valence-corrected chi connectivity index (χ4v) is 4.64. The largest absolute Gasteiger partial charge is 0.451 e. The Morgan fingerprint density at radius 1 is 1.00 bits per heavy atom. The van der Waals surface area contributed by atoms with Crippen LogP contribution in [0.3, 0.4) is 0 Å². The number of carbonyl (C=O) groups excluding carboxylic acids is 1. The molecular weight excluding hydrogens is 541 g/mol. The molecule has 0 spiro atoms. The molecule has 6 nitrogen and oxygen atoms in total. The standard InChI is InChI=1S/C29H23Cl2N3O3S/c1-3-16(2)18-6-11-25-23(14-18)33-28(37-25)17-4-8-20(9-5-17)32-29(38)34-27(35)26-13-12-24(36-26)21-10-7-19(30)15-22(21)31/h4-16H,3H2,1-2H3,(H2,32,34,35,38)/t16-/m1/s1. The number of oxazole rings is 1. The van der Waals surface area contributed by atoms with Crippen molar-refractivity contribution in [2.45, 2.75) is 26.2 Å². The molecule has 5 rings (SSSR count). The van der Waals surface area contributed by atoms with Crippen molar-refractivity contribution in [3.05, 3.63) is 94.2 Å². The van der Waals surface area contributed by atoms with E-state index in [-0.39, 0.29) is 10.9 Å². The minimum atomic E-state index is -0.487. The lowest BCUT2D eigenvalue weighted by molar-refractivity contribution is 0.0951. The van der Waals surface area contributed by atoms with Crippen LogP contribution < -0.4 is 10.6 Å². The molecule has 1 atom stereocenters. The number of furan rings is 1. The number of fused-ring (bicyclic) bond motifs is 1. The van der Waals surface area contributed by atoms with Gasteiger partial charge in [0.15, 0.2) is 16.5 Å². The summed E-state index contributed by atoms with van der Waals surface area (Å²) in [5, 5.41) is 6.68. The summed E-state index contributed by atoms with van der Waals surface area (Å²) >= 11 is 17.5. The summed E-state index contributed by atoms with van der Waals surface area (Å²) in [6.45, 7) is 4.37. The van der Waals surface area contributed by atoms with Crippen LogP contribution in [0.4, 0.5) is 5.69 Å². The van der Waals surface area contributed by atoms with E-state index < -0.39 is 5.91 Å². The number of thiocarbonyl (C=S) groups is 1. The number of nitrogens with one attached hydrogen (secondary N) is 2. The molecule has 1 amide bonds. The highest BCUT2D eigenvalue weighted by Crippen LogP contribution is 2.32. The van der Waals surface area contributed by atoms with Gasteiger partial charge in [-0.05, 0) is 96.9 Å². The minimum Gasteiger partial charge on any atom is -0.451 e. The van der Waals surface area contributed by atoms with Crippen LogP contribution in [0.25, 0.3) is 33.9 Å². The molecule has 9 heteroatoms. The van der Waals surface area contributed by atoms with Gasteiger partial charge in [0.05, 0.1) is 5.02 Å². The van der Waals surface area contributed by atoms with Gasteiger partial charge in [0.1, 0.15) is 11.3 Å². The summed E-state index contributed by atoms with van der Waals surface area (Å²) in [4.78, 5) is 17.3. The number of carbonyl (C=O) groups is 1. The van der Waals surface area contributed by atoms with Crippen LogP contribution in [0.1, 0.15) is 42.3 Å². The average Bonchev–Trinajstić information content (AvgIpc) is 3.56. The number of halogens is 2. The van der Waals surface area contributed by atoms with Crippen LogP contribution in [-0.2, 0) is 0 Å². The Morgan fingerprint density at radius 3 is 2.53 bits per heavy atom. The normalized spacial score (nSPS) is 11.9. The molecule has 192 valence electrons. The van der Waals surface area contributed by atoms with Crippen molar-refractivity contribution in [3.63, 3.8) is 0 Å². The molecule has 5 aromatic rings. The van der Waals surface area contributed by atoms with Gasteiger partial charge in [0.2, 0.25) is 5.89 Å². The molecule has 0 aliphatic carbocycles. The number of anilines is 1. The summed E-state index contributed by atoms with van der Waals surface area (Å²) in [6, 6.07) is 21.8. The van der Waals surface area contributed by atoms with Crippen LogP contribution >= 0.6 is 35.4 Å². The lowest BCUT2D eigenvalue weighted by Gasteiger charge is -2.09. The van der Waals surface area contributed by atoms with E-state index in [2.05, 4.69) is 41.6 Å². The van der Waals surface area contributed by atoms with E-state index in [4.69, 9.17) is 44.3 Å². The maximum absolute atomic E-state index is 12.6. The summed E-state index contributed by atoms with van der Waals surface area (Å²) < 4.78 is 11.6. The highest BCUT2D eigenvalue weighted by molar-refractivity contribution is 7.80. The first-order valence-corrected chi connectivity index (χ1v) is 13.2. The Bertz CT molecular complexity index is 1640. The van der Waals surface area contributed by atoms with Crippen molar-refractivity contribution in [3.8, 4) is 22.8 Å². The summed E-state index contributed by atoms with van der Waals surface area (Å²) in [6.07, 6.45) is 1.06. The van der Waals surface area contributed by atoms with Crippen LogP contribution in [-0.4, -0.2) is 16.0 Å². The molecule has 0 saturated heterocycles. The highest BCUT2D eigenvalue weighted by atomic mass is 35.5. The molecule has 0 saturated carbocycles. The van der Waals surface area contributed by atoms with Gasteiger partial charge in [-0.3, -0.25) is 10.1 Å². The second-order valence-electron chi connectivity index (χ2n) is 8.83. The molecule has 0 aliphatic heterocycles. The van der Waals surface area contributed by atoms with Crippen LogP contribution in [0.5, 0.6) is 0 Å². The average molecular weight is 564 g/mol. The summed E-state index contributed by atoms with van der Waals surface area (Å²) in [5.41, 5.74) is 4.99. The Kier molecular flexibility index (Phi) is 7.51. The number of aromatic nitrogens is 1. The molecule has 0 unspecified atom stereocenters. The molecule has 2 heterocycles. The lowest BCUT2D eigenvalue weighted by atomic mass is 9.98. The molecule has 0 radical (unpaired) electrons. The zero-order chi connectivity index (χ0) is 26.8. The van der Waals surface area contributed by atoms with Gasteiger partial charge >= 0.3 is 0 Å². The first-order chi connectivity index (χ1) is 18.3. The van der Waals surface area contributed by atoms with Crippen molar-refractivity contribution < 1.29 is 13.6 Å². The molecule has 0 bridgehead atoms. The SMILES string of the molecule is CC[C@@H](C)c1ccc2oc(-c3ccc(NC(=S)NC(=O)c4ccc(-c5ccc(Cl)cc5Cl)o4)cc3)nc2c1. The van der Waals surface area contributed by atoms with Crippen LogP contribution in [0.2, 0.25) is 10.0 Å². The highest BCUT2D eigenvalue weighted by Gasteiger charge is 2.16. The van der Waals surface area contributed by atoms with Crippen molar-refractivity contribution in [1.29, 1.82) is 0 Å². The van der Waals surface area contributed by atoms with E-state index in [1.807, 2.05) is 30.3 Å². The Balaban J connectivity index is 1.22. The Labute approximate surface area is 235 Å². The third-order valence-electron chi connectivity index (χ3n) is 6.24. The molecule has 2 N–H and O–H groups in total. The number of rotatable bonds is 6. The fourth-order valence-electron chi connectivity index (χ4n) is 3.93. The van der Waals surface area contributed by atoms with E-state index in [9.17, 15) is 4.79 Å². The van der Waals surface area contributed by atoms with Gasteiger partial charge in [-0.25, -0.2) is 4.98 Å². The lowest BCUT2D eigenvalue weighted by Crippen LogP contribution is -2.33. The number of hydrogen-bond acceptors (Lipinski definition) is 5. The topological polar surface area (TPSA) is 80.3 Å². The van der Waals surface area contributed by atoms with Gasteiger partial charge in [0, 0.05) is 21.8 Å². The van der Waals surface area contributed by atoms with Gasteiger partial charge in [-0.1, -0.05) is 43.1 Å². The number of hydrogen-bond donors (Lipinski definition) is 2. The predicted molar refractivity (Wildman–Crippen MR) is 156 cm³/mol. The molecule has 0 fully saturated rings. The van der Waals surface area contributed by atoms with E-state index >= 15 is 0 Å². The Hall–Kier alpha value is -3.65.